The summed E-state index contributed by atoms with van der Waals surface area (Å²) in [6, 6.07) is 15.1. The molecule has 0 aliphatic carbocycles. The summed E-state index contributed by atoms with van der Waals surface area (Å²) in [7, 11) is 0. The van der Waals surface area contributed by atoms with E-state index < -0.39 is 0 Å². The van der Waals surface area contributed by atoms with Crippen molar-refractivity contribution in [3.63, 3.8) is 0 Å². The highest BCUT2D eigenvalue weighted by Gasteiger charge is 2.18. The second kappa shape index (κ2) is 9.52. The van der Waals surface area contributed by atoms with Crippen LogP contribution >= 0.6 is 11.8 Å². The fourth-order valence-corrected chi connectivity index (χ4v) is 4.13. The second-order valence-electron chi connectivity index (χ2n) is 8.06. The van der Waals surface area contributed by atoms with Crippen molar-refractivity contribution in [1.82, 2.24) is 25.1 Å². The van der Waals surface area contributed by atoms with E-state index in [1.165, 1.54) is 18.2 Å². The number of amides is 1. The maximum Gasteiger partial charge on any atom is 0.257 e. The number of aryl methyl sites for hydroxylation is 2. The van der Waals surface area contributed by atoms with Gasteiger partial charge in [-0.15, -0.1) is 0 Å². The fourth-order valence-electron chi connectivity index (χ4n) is 3.36. The lowest BCUT2D eigenvalue weighted by atomic mass is 10.2. The van der Waals surface area contributed by atoms with Crippen LogP contribution < -0.4 is 15.5 Å². The van der Waals surface area contributed by atoms with Crippen molar-refractivity contribution in [2.75, 3.05) is 28.6 Å². The number of hydrogen-bond donors (Lipinski definition) is 3. The average molecular weight is 479 g/mol. The van der Waals surface area contributed by atoms with Crippen molar-refractivity contribution in [2.45, 2.75) is 30.3 Å². The van der Waals surface area contributed by atoms with Gasteiger partial charge in [0.05, 0.1) is 5.56 Å². The number of rotatable bonds is 7. The van der Waals surface area contributed by atoms with Crippen molar-refractivity contribution in [3.8, 4) is 0 Å². The van der Waals surface area contributed by atoms with Crippen LogP contribution in [-0.4, -0.2) is 44.1 Å². The standard InChI is InChI=1S/C24H24N8OS.3H2/c1-15-4-5-17(14-25-15)23(33)26-18-6-8-19(9-7-18)34-24-28-20(27-21-12-16(2)30-31-21)13-22(29-24)32-10-3-11-32;;;/h4-9,12-14H,3,10-11H2,1-2H3,(H,26,33)(H2,27,28,29,30,31);3*1H. The molecule has 0 atom stereocenters. The molecular formula is C24H30N8OS. The number of benzene rings is 1. The van der Waals surface area contributed by atoms with E-state index >= 15 is 0 Å². The van der Waals surface area contributed by atoms with Crippen LogP contribution in [0.25, 0.3) is 0 Å². The molecule has 1 saturated heterocycles. The smallest absolute Gasteiger partial charge is 0.257 e. The number of pyridine rings is 1. The van der Waals surface area contributed by atoms with Crippen LogP contribution in [0.4, 0.5) is 23.1 Å². The topological polar surface area (TPSA) is 112 Å². The second-order valence-corrected chi connectivity index (χ2v) is 9.11. The summed E-state index contributed by atoms with van der Waals surface area (Å²) in [5, 5.41) is 14.0. The number of nitrogens with zero attached hydrogens (tertiary/aromatic N) is 5. The normalized spacial score (nSPS) is 12.8. The molecule has 0 bridgehead atoms. The molecule has 178 valence electrons. The number of aromatic amines is 1. The van der Waals surface area contributed by atoms with Gasteiger partial charge in [0.15, 0.2) is 11.0 Å². The molecular weight excluding hydrogens is 448 g/mol. The van der Waals surface area contributed by atoms with E-state index in [4.69, 9.17) is 4.98 Å². The Kier molecular flexibility index (Phi) is 6.13. The highest BCUT2D eigenvalue weighted by Crippen LogP contribution is 2.31. The van der Waals surface area contributed by atoms with Gasteiger partial charge in [-0.3, -0.25) is 14.9 Å². The summed E-state index contributed by atoms with van der Waals surface area (Å²) in [4.78, 5) is 29.2. The first kappa shape index (κ1) is 21.9. The largest absolute Gasteiger partial charge is 0.356 e. The van der Waals surface area contributed by atoms with Crippen molar-refractivity contribution >= 4 is 40.8 Å². The van der Waals surface area contributed by atoms with Gasteiger partial charge in [0.1, 0.15) is 11.6 Å². The van der Waals surface area contributed by atoms with Gasteiger partial charge in [-0.2, -0.15) is 5.10 Å². The van der Waals surface area contributed by atoms with E-state index in [0.717, 1.165) is 35.2 Å². The summed E-state index contributed by atoms with van der Waals surface area (Å²) < 4.78 is 0. The molecule has 4 aromatic rings. The lowest BCUT2D eigenvalue weighted by Crippen LogP contribution is -2.37. The molecule has 0 spiro atoms. The Bertz CT molecular complexity index is 1310. The summed E-state index contributed by atoms with van der Waals surface area (Å²) in [5.74, 6) is 2.11. The third-order valence-corrected chi connectivity index (χ3v) is 6.20. The zero-order valence-corrected chi connectivity index (χ0v) is 19.7. The SMILES string of the molecule is Cc1ccc(C(=O)Nc2ccc(Sc3nc(Nc4cc(C)[nH]n4)cc(N4CCC4)n3)cc2)cn1.[HH].[HH].[HH]. The minimum absolute atomic E-state index is 0. The van der Waals surface area contributed by atoms with Crippen molar-refractivity contribution in [1.29, 1.82) is 0 Å². The maximum absolute atomic E-state index is 12.4. The first-order chi connectivity index (χ1) is 16.5. The first-order valence-corrected chi connectivity index (χ1v) is 11.8. The summed E-state index contributed by atoms with van der Waals surface area (Å²) >= 11 is 1.47. The van der Waals surface area contributed by atoms with Gasteiger partial charge in [0.2, 0.25) is 0 Å². The molecule has 0 radical (unpaired) electrons. The Labute approximate surface area is 205 Å². The van der Waals surface area contributed by atoms with Crippen LogP contribution in [0.2, 0.25) is 0 Å². The summed E-state index contributed by atoms with van der Waals surface area (Å²) in [6.45, 7) is 5.83. The molecule has 0 unspecified atom stereocenters. The molecule has 0 saturated carbocycles. The number of carbonyl (C=O) groups is 1. The quantitative estimate of drug-likeness (QED) is 0.307. The van der Waals surface area contributed by atoms with E-state index in [9.17, 15) is 4.79 Å². The molecule has 1 aliphatic rings. The van der Waals surface area contributed by atoms with Crippen LogP contribution in [0.3, 0.4) is 0 Å². The zero-order valence-electron chi connectivity index (χ0n) is 18.9. The van der Waals surface area contributed by atoms with Crippen molar-refractivity contribution < 1.29 is 9.07 Å². The predicted octanol–water partition coefficient (Wildman–Crippen LogP) is 5.31. The molecule has 1 aliphatic heterocycles. The van der Waals surface area contributed by atoms with Crippen LogP contribution in [0.1, 0.15) is 32.4 Å². The zero-order chi connectivity index (χ0) is 23.5. The number of H-pyrrole nitrogens is 1. The fraction of sp³-hybridized carbons (Fsp3) is 0.208. The van der Waals surface area contributed by atoms with E-state index in [1.807, 2.05) is 56.3 Å². The predicted molar refractivity (Wildman–Crippen MR) is 139 cm³/mol. The highest BCUT2D eigenvalue weighted by molar-refractivity contribution is 7.99. The van der Waals surface area contributed by atoms with Crippen LogP contribution in [0.15, 0.2) is 64.8 Å². The molecule has 34 heavy (non-hydrogen) atoms. The molecule has 1 amide bonds. The Hall–Kier alpha value is -3.92. The van der Waals surface area contributed by atoms with Gasteiger partial charge >= 0.3 is 0 Å². The van der Waals surface area contributed by atoms with Crippen LogP contribution in [0.5, 0.6) is 0 Å². The number of carbonyl (C=O) groups excluding carboxylic acids is 1. The van der Waals surface area contributed by atoms with Gasteiger partial charge in [-0.05, 0) is 68.4 Å². The number of aromatic nitrogens is 5. The minimum atomic E-state index is -0.192. The molecule has 5 rings (SSSR count). The van der Waals surface area contributed by atoms with Gasteiger partial charge < -0.3 is 15.5 Å². The van der Waals surface area contributed by atoms with E-state index in [1.54, 1.807) is 12.3 Å². The van der Waals surface area contributed by atoms with Crippen LogP contribution in [-0.2, 0) is 0 Å². The highest BCUT2D eigenvalue weighted by atomic mass is 32.2. The Morgan fingerprint density at radius 1 is 1.06 bits per heavy atom. The number of anilines is 4. The Morgan fingerprint density at radius 3 is 2.53 bits per heavy atom. The molecule has 9 nitrogen and oxygen atoms in total. The lowest BCUT2D eigenvalue weighted by Gasteiger charge is -2.32. The van der Waals surface area contributed by atoms with E-state index in [2.05, 4.69) is 35.7 Å². The average Bonchev–Trinajstić information content (AvgIpc) is 3.18. The van der Waals surface area contributed by atoms with Gasteiger partial charge in [0, 0.05) is 57.7 Å². The third kappa shape index (κ3) is 5.18. The van der Waals surface area contributed by atoms with Gasteiger partial charge in [0.25, 0.3) is 5.91 Å². The molecule has 4 heterocycles. The monoisotopic (exact) mass is 478 g/mol. The summed E-state index contributed by atoms with van der Waals surface area (Å²) in [5.41, 5.74) is 3.07. The minimum Gasteiger partial charge on any atom is -0.356 e. The van der Waals surface area contributed by atoms with Crippen molar-refractivity contribution in [2.24, 2.45) is 0 Å². The lowest BCUT2D eigenvalue weighted by molar-refractivity contribution is 0.102. The third-order valence-electron chi connectivity index (χ3n) is 5.33. The van der Waals surface area contributed by atoms with E-state index in [0.29, 0.717) is 28.0 Å². The molecule has 1 aromatic carbocycles. The summed E-state index contributed by atoms with van der Waals surface area (Å²) in [6.07, 6.45) is 2.74. The van der Waals surface area contributed by atoms with E-state index in [-0.39, 0.29) is 10.2 Å². The maximum atomic E-state index is 12.4. The first-order valence-electron chi connectivity index (χ1n) is 11.0. The molecule has 3 aromatic heterocycles. The Balaban J connectivity index is 0.00000160. The van der Waals surface area contributed by atoms with Gasteiger partial charge in [-0.25, -0.2) is 9.97 Å². The van der Waals surface area contributed by atoms with Crippen LogP contribution in [0, 0.1) is 13.8 Å². The molecule has 3 N–H and O–H groups in total. The number of hydrogen-bond acceptors (Lipinski definition) is 8. The molecule has 10 heteroatoms. The Morgan fingerprint density at radius 2 is 1.88 bits per heavy atom. The van der Waals surface area contributed by atoms with Gasteiger partial charge in [-0.1, -0.05) is 0 Å². The number of nitrogens with one attached hydrogen (secondary N) is 3. The molecule has 1 fully saturated rings. The van der Waals surface area contributed by atoms with Crippen molar-refractivity contribution in [3.05, 3.63) is 71.7 Å².